The molecule has 0 saturated carbocycles. The maximum Gasteiger partial charge on any atom is 0.282 e. The van der Waals surface area contributed by atoms with Crippen molar-refractivity contribution in [1.29, 1.82) is 0 Å². The van der Waals surface area contributed by atoms with E-state index in [0.717, 1.165) is 16.0 Å². The minimum Gasteiger partial charge on any atom is -0.453 e. The van der Waals surface area contributed by atoms with Gasteiger partial charge in [0, 0.05) is 18.4 Å². The molecule has 5 heteroatoms. The third-order valence-corrected chi connectivity index (χ3v) is 5.21. The molecule has 1 aliphatic rings. The largest absolute Gasteiger partial charge is 0.453 e. The summed E-state index contributed by atoms with van der Waals surface area (Å²) >= 11 is 5.34. The minimum absolute atomic E-state index is 0.101. The Morgan fingerprint density at radius 2 is 1.24 bits per heavy atom. The van der Waals surface area contributed by atoms with Crippen molar-refractivity contribution in [1.82, 2.24) is 4.90 Å². The van der Waals surface area contributed by atoms with E-state index in [9.17, 15) is 9.59 Å². The zero-order valence-electron chi connectivity index (χ0n) is 15.7. The standard InChI is InChI=1S/C24H19NO3S/c26-21(20-14-8-3-9-15-20)25-22(27)24(28-23(25)29,16-18-10-4-1-5-11-18)17-19-12-6-2-7-13-19/h1-15H,16-17H2. The van der Waals surface area contributed by atoms with Gasteiger partial charge in [-0.1, -0.05) is 78.9 Å². The summed E-state index contributed by atoms with van der Waals surface area (Å²) in [5.74, 6) is -0.896. The van der Waals surface area contributed by atoms with Crippen LogP contribution in [-0.2, 0) is 22.4 Å². The fraction of sp³-hybridized carbons (Fsp3) is 0.125. The number of ether oxygens (including phenoxy) is 1. The Balaban J connectivity index is 1.71. The van der Waals surface area contributed by atoms with E-state index in [-0.39, 0.29) is 5.17 Å². The van der Waals surface area contributed by atoms with Crippen LogP contribution in [0.5, 0.6) is 0 Å². The first kappa shape index (κ1) is 19.0. The predicted molar refractivity (Wildman–Crippen MR) is 114 cm³/mol. The number of carbonyl (C=O) groups excluding carboxylic acids is 2. The fourth-order valence-corrected chi connectivity index (χ4v) is 3.89. The summed E-state index contributed by atoms with van der Waals surface area (Å²) in [6.07, 6.45) is 0.639. The molecule has 0 bridgehead atoms. The highest BCUT2D eigenvalue weighted by Crippen LogP contribution is 2.33. The minimum atomic E-state index is -1.26. The number of rotatable bonds is 5. The smallest absolute Gasteiger partial charge is 0.282 e. The van der Waals surface area contributed by atoms with Crippen molar-refractivity contribution >= 4 is 29.2 Å². The number of imide groups is 1. The highest BCUT2D eigenvalue weighted by molar-refractivity contribution is 7.80. The molecule has 0 spiro atoms. The molecule has 3 aromatic carbocycles. The molecule has 4 rings (SSSR count). The van der Waals surface area contributed by atoms with Crippen LogP contribution in [0.2, 0.25) is 0 Å². The topological polar surface area (TPSA) is 46.6 Å². The van der Waals surface area contributed by atoms with Crippen molar-refractivity contribution in [3.8, 4) is 0 Å². The second kappa shape index (κ2) is 7.97. The monoisotopic (exact) mass is 401 g/mol. The van der Waals surface area contributed by atoms with E-state index in [2.05, 4.69) is 0 Å². The molecular formula is C24H19NO3S. The van der Waals surface area contributed by atoms with E-state index in [1.807, 2.05) is 66.7 Å². The lowest BCUT2D eigenvalue weighted by Crippen LogP contribution is -2.46. The van der Waals surface area contributed by atoms with E-state index in [4.69, 9.17) is 17.0 Å². The molecule has 3 aromatic rings. The molecule has 0 aromatic heterocycles. The van der Waals surface area contributed by atoms with Gasteiger partial charge in [-0.25, -0.2) is 4.90 Å². The highest BCUT2D eigenvalue weighted by Gasteiger charge is 2.54. The van der Waals surface area contributed by atoms with Crippen molar-refractivity contribution in [2.75, 3.05) is 0 Å². The van der Waals surface area contributed by atoms with E-state index in [1.54, 1.807) is 24.3 Å². The molecule has 144 valence electrons. The SMILES string of the molecule is O=C(c1ccccc1)N1C(=O)C(Cc2ccccc2)(Cc2ccccc2)OC1=S. The molecule has 0 unspecified atom stereocenters. The Morgan fingerprint density at radius 1 is 0.793 bits per heavy atom. The van der Waals surface area contributed by atoms with Crippen LogP contribution in [0.15, 0.2) is 91.0 Å². The lowest BCUT2D eigenvalue weighted by atomic mass is 9.87. The predicted octanol–water partition coefficient (Wildman–Crippen LogP) is 4.19. The van der Waals surface area contributed by atoms with Crippen molar-refractivity contribution in [3.63, 3.8) is 0 Å². The Kier molecular flexibility index (Phi) is 5.23. The van der Waals surface area contributed by atoms with E-state index in [0.29, 0.717) is 18.4 Å². The second-order valence-electron chi connectivity index (χ2n) is 7.00. The molecular weight excluding hydrogens is 382 g/mol. The molecule has 0 atom stereocenters. The number of nitrogens with zero attached hydrogens (tertiary/aromatic N) is 1. The van der Waals surface area contributed by atoms with Gasteiger partial charge in [0.25, 0.3) is 17.0 Å². The molecule has 0 aliphatic carbocycles. The summed E-state index contributed by atoms with van der Waals surface area (Å²) in [7, 11) is 0. The zero-order chi connectivity index (χ0) is 20.3. The Bertz CT molecular complexity index is 994. The molecule has 4 nitrogen and oxygen atoms in total. The lowest BCUT2D eigenvalue weighted by Gasteiger charge is -2.26. The van der Waals surface area contributed by atoms with Crippen molar-refractivity contribution in [2.24, 2.45) is 0 Å². The number of hydrogen-bond acceptors (Lipinski definition) is 4. The second-order valence-corrected chi connectivity index (χ2v) is 7.35. The zero-order valence-corrected chi connectivity index (χ0v) is 16.5. The van der Waals surface area contributed by atoms with Crippen LogP contribution in [0.25, 0.3) is 0 Å². The summed E-state index contributed by atoms with van der Waals surface area (Å²) in [5.41, 5.74) is 1.01. The third kappa shape index (κ3) is 3.82. The van der Waals surface area contributed by atoms with Crippen LogP contribution < -0.4 is 0 Å². The van der Waals surface area contributed by atoms with Gasteiger partial charge in [0.15, 0.2) is 5.60 Å². The average molecular weight is 401 g/mol. The summed E-state index contributed by atoms with van der Waals surface area (Å²) in [5, 5.41) is -0.101. The normalized spacial score (nSPS) is 15.2. The quantitative estimate of drug-likeness (QED) is 0.475. The summed E-state index contributed by atoms with van der Waals surface area (Å²) in [6, 6.07) is 27.9. The van der Waals surface area contributed by atoms with Crippen LogP contribution in [0.4, 0.5) is 0 Å². The molecule has 1 heterocycles. The first-order chi connectivity index (χ1) is 14.1. The van der Waals surface area contributed by atoms with Gasteiger partial charge < -0.3 is 4.74 Å². The molecule has 1 saturated heterocycles. The van der Waals surface area contributed by atoms with Crippen LogP contribution in [0.3, 0.4) is 0 Å². The molecule has 1 fully saturated rings. The lowest BCUT2D eigenvalue weighted by molar-refractivity contribution is -0.135. The van der Waals surface area contributed by atoms with Gasteiger partial charge in [-0.05, 0) is 35.5 Å². The maximum absolute atomic E-state index is 13.6. The summed E-state index contributed by atoms with van der Waals surface area (Å²) < 4.78 is 6.01. The van der Waals surface area contributed by atoms with Gasteiger partial charge in [0.1, 0.15) is 0 Å². The summed E-state index contributed by atoms with van der Waals surface area (Å²) in [4.78, 5) is 27.5. The Labute approximate surface area is 174 Å². The van der Waals surface area contributed by atoms with E-state index < -0.39 is 17.4 Å². The summed E-state index contributed by atoms with van der Waals surface area (Å²) in [6.45, 7) is 0. The number of carbonyl (C=O) groups is 2. The molecule has 29 heavy (non-hydrogen) atoms. The number of thiocarbonyl (C=S) groups is 1. The van der Waals surface area contributed by atoms with Gasteiger partial charge >= 0.3 is 0 Å². The van der Waals surface area contributed by atoms with Crippen molar-refractivity contribution in [2.45, 2.75) is 18.4 Å². The van der Waals surface area contributed by atoms with Crippen LogP contribution in [0, 0.1) is 0 Å². The first-order valence-corrected chi connectivity index (χ1v) is 9.75. The van der Waals surface area contributed by atoms with E-state index >= 15 is 0 Å². The van der Waals surface area contributed by atoms with Gasteiger partial charge in [0.2, 0.25) is 0 Å². The molecule has 0 N–H and O–H groups in total. The first-order valence-electron chi connectivity index (χ1n) is 9.34. The van der Waals surface area contributed by atoms with Gasteiger partial charge in [0.05, 0.1) is 0 Å². The average Bonchev–Trinajstić information content (AvgIpc) is 2.98. The van der Waals surface area contributed by atoms with Crippen LogP contribution in [-0.4, -0.2) is 27.5 Å². The van der Waals surface area contributed by atoms with Crippen LogP contribution in [0.1, 0.15) is 21.5 Å². The Morgan fingerprint density at radius 3 is 1.72 bits per heavy atom. The highest BCUT2D eigenvalue weighted by atomic mass is 32.1. The number of benzene rings is 3. The number of amides is 2. The van der Waals surface area contributed by atoms with Crippen LogP contribution >= 0.6 is 12.2 Å². The fourth-order valence-electron chi connectivity index (χ4n) is 3.57. The van der Waals surface area contributed by atoms with Gasteiger partial charge in [-0.15, -0.1) is 0 Å². The molecule has 2 amide bonds. The Hall–Kier alpha value is -3.31. The van der Waals surface area contributed by atoms with Crippen molar-refractivity contribution in [3.05, 3.63) is 108 Å². The third-order valence-electron chi connectivity index (χ3n) is 4.95. The van der Waals surface area contributed by atoms with Crippen molar-refractivity contribution < 1.29 is 14.3 Å². The maximum atomic E-state index is 13.6. The van der Waals surface area contributed by atoms with Gasteiger partial charge in [-0.3, -0.25) is 9.59 Å². The molecule has 1 aliphatic heterocycles. The van der Waals surface area contributed by atoms with E-state index in [1.165, 1.54) is 0 Å². The number of hydrogen-bond donors (Lipinski definition) is 0. The van der Waals surface area contributed by atoms with Gasteiger partial charge in [-0.2, -0.15) is 0 Å². The molecule has 0 radical (unpaired) electrons.